The molecule has 1 aromatic rings. The molecule has 0 spiro atoms. The van der Waals surface area contributed by atoms with Gasteiger partial charge in [-0.1, -0.05) is 24.3 Å². The van der Waals surface area contributed by atoms with Gasteiger partial charge in [0.1, 0.15) is 0 Å². The first-order valence-electron chi connectivity index (χ1n) is 7.81. The maximum Gasteiger partial charge on any atom is 0.0546 e. The van der Waals surface area contributed by atoms with Crippen LogP contribution in [0.15, 0.2) is 24.3 Å². The highest BCUT2D eigenvalue weighted by molar-refractivity contribution is 5.23. The maximum absolute atomic E-state index is 5.29. The van der Waals surface area contributed by atoms with E-state index in [1.54, 1.807) is 7.11 Å². The summed E-state index contributed by atoms with van der Waals surface area (Å²) in [7, 11) is 1.78. The minimum atomic E-state index is 0.349. The van der Waals surface area contributed by atoms with E-state index in [9.17, 15) is 0 Å². The van der Waals surface area contributed by atoms with Crippen molar-refractivity contribution < 1.29 is 4.74 Å². The van der Waals surface area contributed by atoms with Crippen LogP contribution in [0.2, 0.25) is 0 Å². The Labute approximate surface area is 123 Å². The van der Waals surface area contributed by atoms with Crippen molar-refractivity contribution in [3.8, 4) is 0 Å². The Hall–Kier alpha value is -0.900. The van der Waals surface area contributed by atoms with Crippen LogP contribution in [0, 0.1) is 0 Å². The van der Waals surface area contributed by atoms with E-state index in [2.05, 4.69) is 41.4 Å². The molecule has 0 amide bonds. The van der Waals surface area contributed by atoms with E-state index in [4.69, 9.17) is 4.74 Å². The fraction of sp³-hybridized carbons (Fsp3) is 0.647. The van der Waals surface area contributed by atoms with Crippen LogP contribution >= 0.6 is 0 Å². The summed E-state index contributed by atoms with van der Waals surface area (Å²) in [4.78, 5) is 2.55. The molecule has 112 valence electrons. The third-order valence-corrected chi connectivity index (χ3v) is 4.19. The lowest BCUT2D eigenvalue weighted by Gasteiger charge is -2.27. The van der Waals surface area contributed by atoms with Gasteiger partial charge in [0.2, 0.25) is 0 Å². The molecule has 1 N–H and O–H groups in total. The second kappa shape index (κ2) is 8.40. The second-order valence-corrected chi connectivity index (χ2v) is 5.74. The highest BCUT2D eigenvalue weighted by atomic mass is 16.5. The van der Waals surface area contributed by atoms with Gasteiger partial charge in [-0.25, -0.2) is 0 Å². The monoisotopic (exact) mass is 276 g/mol. The molecule has 2 rings (SSSR count). The SMILES string of the molecule is COC(C)CCc1ccc(CCN2CCNCC2)cc1. The third kappa shape index (κ3) is 5.23. The molecule has 1 fully saturated rings. The van der Waals surface area contributed by atoms with E-state index >= 15 is 0 Å². The molecule has 3 nitrogen and oxygen atoms in total. The number of methoxy groups -OCH3 is 1. The number of nitrogens with one attached hydrogen (secondary N) is 1. The largest absolute Gasteiger partial charge is 0.382 e. The predicted molar refractivity (Wildman–Crippen MR) is 84.2 cm³/mol. The van der Waals surface area contributed by atoms with Crippen molar-refractivity contribution in [1.82, 2.24) is 10.2 Å². The predicted octanol–water partition coefficient (Wildman–Crippen LogP) is 2.10. The molecular formula is C17H28N2O. The molecule has 1 atom stereocenters. The first kappa shape index (κ1) is 15.5. The normalized spacial score (nSPS) is 18.1. The molecule has 0 aliphatic carbocycles. The van der Waals surface area contributed by atoms with Crippen molar-refractivity contribution >= 4 is 0 Å². The van der Waals surface area contributed by atoms with E-state index in [1.807, 2.05) is 0 Å². The Morgan fingerprint density at radius 2 is 1.70 bits per heavy atom. The van der Waals surface area contributed by atoms with Crippen LogP contribution in [0.4, 0.5) is 0 Å². The Balaban J connectivity index is 1.73. The average Bonchev–Trinajstić information content (AvgIpc) is 2.52. The number of benzene rings is 1. The zero-order valence-electron chi connectivity index (χ0n) is 12.9. The molecule has 0 aromatic heterocycles. The summed E-state index contributed by atoms with van der Waals surface area (Å²) >= 11 is 0. The van der Waals surface area contributed by atoms with Crippen LogP contribution in [0.1, 0.15) is 24.5 Å². The Morgan fingerprint density at radius 3 is 2.30 bits per heavy atom. The molecule has 0 bridgehead atoms. The highest BCUT2D eigenvalue weighted by Crippen LogP contribution is 2.10. The lowest BCUT2D eigenvalue weighted by Crippen LogP contribution is -2.44. The highest BCUT2D eigenvalue weighted by Gasteiger charge is 2.08. The average molecular weight is 276 g/mol. The van der Waals surface area contributed by atoms with Gasteiger partial charge in [-0.2, -0.15) is 0 Å². The van der Waals surface area contributed by atoms with Crippen molar-refractivity contribution in [3.63, 3.8) is 0 Å². The van der Waals surface area contributed by atoms with Crippen molar-refractivity contribution in [3.05, 3.63) is 35.4 Å². The Morgan fingerprint density at radius 1 is 1.10 bits per heavy atom. The summed E-state index contributed by atoms with van der Waals surface area (Å²) in [5, 5.41) is 3.40. The molecule has 1 aliphatic rings. The van der Waals surface area contributed by atoms with Crippen molar-refractivity contribution in [2.75, 3.05) is 39.8 Å². The number of nitrogens with zero attached hydrogens (tertiary/aromatic N) is 1. The molecular weight excluding hydrogens is 248 g/mol. The molecule has 1 heterocycles. The van der Waals surface area contributed by atoms with Crippen molar-refractivity contribution in [1.29, 1.82) is 0 Å². The minimum absolute atomic E-state index is 0.349. The summed E-state index contributed by atoms with van der Waals surface area (Å²) in [6.45, 7) is 7.96. The number of hydrogen-bond acceptors (Lipinski definition) is 3. The quantitative estimate of drug-likeness (QED) is 0.825. The first-order valence-corrected chi connectivity index (χ1v) is 7.81. The van der Waals surface area contributed by atoms with Gasteiger partial charge in [-0.15, -0.1) is 0 Å². The molecule has 0 saturated carbocycles. The Kier molecular flexibility index (Phi) is 6.51. The van der Waals surface area contributed by atoms with E-state index in [0.717, 1.165) is 32.4 Å². The standard InChI is InChI=1S/C17H28N2O/c1-15(20-2)3-4-16-5-7-17(8-6-16)9-12-19-13-10-18-11-14-19/h5-8,15,18H,3-4,9-14H2,1-2H3. The zero-order chi connectivity index (χ0) is 14.2. The van der Waals surface area contributed by atoms with Gasteiger partial charge in [0.25, 0.3) is 0 Å². The number of piperazine rings is 1. The number of hydrogen-bond donors (Lipinski definition) is 1. The summed E-state index contributed by atoms with van der Waals surface area (Å²) < 4.78 is 5.29. The maximum atomic E-state index is 5.29. The fourth-order valence-electron chi connectivity index (χ4n) is 2.58. The minimum Gasteiger partial charge on any atom is -0.382 e. The lowest BCUT2D eigenvalue weighted by atomic mass is 10.0. The van der Waals surface area contributed by atoms with E-state index in [-0.39, 0.29) is 0 Å². The molecule has 1 unspecified atom stereocenters. The third-order valence-electron chi connectivity index (χ3n) is 4.19. The number of rotatable bonds is 7. The van der Waals surface area contributed by atoms with Gasteiger partial charge in [-0.3, -0.25) is 0 Å². The summed E-state index contributed by atoms with van der Waals surface area (Å²) in [6, 6.07) is 9.12. The molecule has 1 aromatic carbocycles. The van der Waals surface area contributed by atoms with Gasteiger partial charge in [-0.05, 0) is 37.3 Å². The fourth-order valence-corrected chi connectivity index (χ4v) is 2.58. The van der Waals surface area contributed by atoms with Gasteiger partial charge < -0.3 is 15.0 Å². The van der Waals surface area contributed by atoms with E-state index in [0.29, 0.717) is 6.10 Å². The van der Waals surface area contributed by atoms with Gasteiger partial charge >= 0.3 is 0 Å². The smallest absolute Gasteiger partial charge is 0.0546 e. The molecule has 20 heavy (non-hydrogen) atoms. The lowest BCUT2D eigenvalue weighted by molar-refractivity contribution is 0.111. The van der Waals surface area contributed by atoms with Gasteiger partial charge in [0.15, 0.2) is 0 Å². The Bertz CT molecular complexity index is 371. The van der Waals surface area contributed by atoms with Crippen molar-refractivity contribution in [2.24, 2.45) is 0 Å². The summed E-state index contributed by atoms with van der Waals surface area (Å²) in [5.41, 5.74) is 2.87. The summed E-state index contributed by atoms with van der Waals surface area (Å²) in [6.07, 6.45) is 3.71. The van der Waals surface area contributed by atoms with Crippen LogP contribution in [-0.4, -0.2) is 50.8 Å². The molecule has 1 saturated heterocycles. The van der Waals surface area contributed by atoms with Crippen LogP contribution < -0.4 is 5.32 Å². The zero-order valence-corrected chi connectivity index (χ0v) is 12.9. The van der Waals surface area contributed by atoms with Gasteiger partial charge in [0.05, 0.1) is 6.10 Å². The van der Waals surface area contributed by atoms with E-state index < -0.39 is 0 Å². The van der Waals surface area contributed by atoms with Crippen LogP contribution in [-0.2, 0) is 17.6 Å². The molecule has 3 heteroatoms. The number of ether oxygens (including phenoxy) is 1. The summed E-state index contributed by atoms with van der Waals surface area (Å²) in [5.74, 6) is 0. The van der Waals surface area contributed by atoms with Crippen molar-refractivity contribution in [2.45, 2.75) is 32.3 Å². The number of aryl methyl sites for hydroxylation is 1. The van der Waals surface area contributed by atoms with Crippen LogP contribution in [0.5, 0.6) is 0 Å². The topological polar surface area (TPSA) is 24.5 Å². The first-order chi connectivity index (χ1) is 9.78. The van der Waals surface area contributed by atoms with Crippen LogP contribution in [0.25, 0.3) is 0 Å². The molecule has 1 aliphatic heterocycles. The van der Waals surface area contributed by atoms with E-state index in [1.165, 1.54) is 30.8 Å². The van der Waals surface area contributed by atoms with Crippen LogP contribution in [0.3, 0.4) is 0 Å². The molecule has 0 radical (unpaired) electrons. The van der Waals surface area contributed by atoms with Gasteiger partial charge in [0, 0.05) is 39.8 Å². The second-order valence-electron chi connectivity index (χ2n) is 5.74.